The summed E-state index contributed by atoms with van der Waals surface area (Å²) in [6.45, 7) is 1.96. The van der Waals surface area contributed by atoms with E-state index in [2.05, 4.69) is 11.1 Å². The summed E-state index contributed by atoms with van der Waals surface area (Å²) in [5.41, 5.74) is 3.87. The maximum atomic E-state index is 8.98. The molecule has 2 heterocycles. The Morgan fingerprint density at radius 3 is 3.00 bits per heavy atom. The smallest absolute Gasteiger partial charge is 0.147 e. The van der Waals surface area contributed by atoms with E-state index in [0.717, 1.165) is 29.2 Å². The molecular weight excluding hydrogens is 216 g/mol. The number of hydrogen-bond acceptors (Lipinski definition) is 3. The molecule has 0 spiro atoms. The van der Waals surface area contributed by atoms with Crippen molar-refractivity contribution in [3.05, 3.63) is 27.5 Å². The summed E-state index contributed by atoms with van der Waals surface area (Å²) in [6.07, 6.45) is 1.00. The number of rotatable bonds is 0. The highest BCUT2D eigenvalue weighted by atomic mass is 35.5. The average Bonchev–Trinajstić information content (AvgIpc) is 2.18. The molecule has 0 amide bonds. The van der Waals surface area contributed by atoms with Gasteiger partial charge < -0.3 is 0 Å². The first-order valence-corrected chi connectivity index (χ1v) is 5.93. The minimum absolute atomic E-state index is 0.353. The normalized spacial score (nSPS) is 14.6. The SMILES string of the molecule is Cc1nc(Cl)c(C#N)c2c1CCSC2. The number of aromatic nitrogens is 1. The Kier molecular flexibility index (Phi) is 2.66. The lowest BCUT2D eigenvalue weighted by atomic mass is 10.0. The molecule has 2 nitrogen and oxygen atoms in total. The molecule has 0 bridgehead atoms. The quantitative estimate of drug-likeness (QED) is 0.636. The molecule has 0 aliphatic carbocycles. The summed E-state index contributed by atoms with van der Waals surface area (Å²) in [4.78, 5) is 4.19. The fourth-order valence-corrected chi connectivity index (χ4v) is 3.02. The van der Waals surface area contributed by atoms with Gasteiger partial charge in [0.1, 0.15) is 11.2 Å². The highest BCUT2D eigenvalue weighted by Crippen LogP contribution is 2.31. The molecule has 1 aromatic heterocycles. The molecule has 1 aliphatic heterocycles. The van der Waals surface area contributed by atoms with Crippen LogP contribution in [0.1, 0.15) is 22.4 Å². The van der Waals surface area contributed by atoms with Crippen molar-refractivity contribution in [3.63, 3.8) is 0 Å². The van der Waals surface area contributed by atoms with Crippen molar-refractivity contribution in [2.45, 2.75) is 19.1 Å². The van der Waals surface area contributed by atoms with Crippen molar-refractivity contribution >= 4 is 23.4 Å². The van der Waals surface area contributed by atoms with E-state index in [1.807, 2.05) is 18.7 Å². The second-order valence-electron chi connectivity index (χ2n) is 3.23. The van der Waals surface area contributed by atoms with Gasteiger partial charge in [0.25, 0.3) is 0 Å². The Morgan fingerprint density at radius 1 is 1.50 bits per heavy atom. The summed E-state index contributed by atoms with van der Waals surface area (Å²) in [5, 5.41) is 9.33. The van der Waals surface area contributed by atoms with Crippen LogP contribution < -0.4 is 0 Å². The Bertz CT molecular complexity index is 423. The Hall–Kier alpha value is -0.720. The number of hydrogen-bond donors (Lipinski definition) is 0. The van der Waals surface area contributed by atoms with Gasteiger partial charge in [0.05, 0.1) is 5.56 Å². The average molecular weight is 225 g/mol. The third kappa shape index (κ3) is 1.49. The van der Waals surface area contributed by atoms with E-state index in [0.29, 0.717) is 10.7 Å². The van der Waals surface area contributed by atoms with Gasteiger partial charge in [-0.25, -0.2) is 4.98 Å². The Labute approximate surface area is 92.3 Å². The van der Waals surface area contributed by atoms with Crippen LogP contribution in [0.5, 0.6) is 0 Å². The first-order chi connectivity index (χ1) is 6.74. The molecule has 0 saturated carbocycles. The molecule has 14 heavy (non-hydrogen) atoms. The van der Waals surface area contributed by atoms with Gasteiger partial charge in [-0.1, -0.05) is 11.6 Å². The van der Waals surface area contributed by atoms with Crippen LogP contribution in [0.25, 0.3) is 0 Å². The fraction of sp³-hybridized carbons (Fsp3) is 0.400. The lowest BCUT2D eigenvalue weighted by molar-refractivity contribution is 0.999. The highest BCUT2D eigenvalue weighted by Gasteiger charge is 2.19. The number of fused-ring (bicyclic) bond motifs is 1. The molecule has 0 N–H and O–H groups in total. The predicted molar refractivity (Wildman–Crippen MR) is 58.6 cm³/mol. The van der Waals surface area contributed by atoms with Gasteiger partial charge in [-0.2, -0.15) is 17.0 Å². The van der Waals surface area contributed by atoms with E-state index < -0.39 is 0 Å². The van der Waals surface area contributed by atoms with E-state index in [1.54, 1.807) is 0 Å². The summed E-state index contributed by atoms with van der Waals surface area (Å²) in [6, 6.07) is 2.14. The highest BCUT2D eigenvalue weighted by molar-refractivity contribution is 7.98. The van der Waals surface area contributed by atoms with Crippen LogP contribution in [-0.2, 0) is 12.2 Å². The van der Waals surface area contributed by atoms with Crippen LogP contribution in [0.15, 0.2) is 0 Å². The summed E-state index contributed by atoms with van der Waals surface area (Å²) in [7, 11) is 0. The van der Waals surface area contributed by atoms with Crippen molar-refractivity contribution in [3.8, 4) is 6.07 Å². The van der Waals surface area contributed by atoms with Crippen LogP contribution >= 0.6 is 23.4 Å². The van der Waals surface area contributed by atoms with Gasteiger partial charge in [0.2, 0.25) is 0 Å². The van der Waals surface area contributed by atoms with Gasteiger partial charge in [0, 0.05) is 11.4 Å². The van der Waals surface area contributed by atoms with Gasteiger partial charge in [-0.3, -0.25) is 0 Å². The van der Waals surface area contributed by atoms with E-state index >= 15 is 0 Å². The molecule has 2 rings (SSSR count). The summed E-state index contributed by atoms with van der Waals surface area (Å²) >= 11 is 7.77. The number of thioether (sulfide) groups is 1. The summed E-state index contributed by atoms with van der Waals surface area (Å²) in [5.74, 6) is 2.00. The minimum atomic E-state index is 0.353. The predicted octanol–water partition coefficient (Wildman–Crippen LogP) is 2.70. The van der Waals surface area contributed by atoms with Crippen molar-refractivity contribution in [1.29, 1.82) is 5.26 Å². The van der Waals surface area contributed by atoms with Crippen molar-refractivity contribution in [2.75, 3.05) is 5.75 Å². The van der Waals surface area contributed by atoms with Crippen LogP contribution in [0.2, 0.25) is 5.15 Å². The molecule has 0 aromatic carbocycles. The Balaban J connectivity index is 2.69. The standard InChI is InChI=1S/C10H9ClN2S/c1-6-7-2-3-14-5-9(7)8(4-12)10(11)13-6/h2-3,5H2,1H3. The largest absolute Gasteiger partial charge is 0.240 e. The third-order valence-electron chi connectivity index (χ3n) is 2.43. The zero-order valence-corrected chi connectivity index (χ0v) is 9.37. The van der Waals surface area contributed by atoms with Crippen LogP contribution in [0.3, 0.4) is 0 Å². The van der Waals surface area contributed by atoms with Crippen LogP contribution in [0, 0.1) is 18.3 Å². The monoisotopic (exact) mass is 224 g/mol. The lowest BCUT2D eigenvalue weighted by Crippen LogP contribution is -2.09. The molecule has 0 radical (unpaired) electrons. The number of halogens is 1. The maximum absolute atomic E-state index is 8.98. The first kappa shape index (κ1) is 9.82. The molecule has 0 saturated heterocycles. The number of nitrogens with zero attached hydrogens (tertiary/aromatic N) is 2. The third-order valence-corrected chi connectivity index (χ3v) is 3.69. The zero-order valence-electron chi connectivity index (χ0n) is 7.80. The molecule has 0 atom stereocenters. The van der Waals surface area contributed by atoms with Gasteiger partial charge in [0.15, 0.2) is 0 Å². The van der Waals surface area contributed by atoms with Gasteiger partial charge in [-0.15, -0.1) is 0 Å². The van der Waals surface area contributed by atoms with Crippen LogP contribution in [-0.4, -0.2) is 10.7 Å². The Morgan fingerprint density at radius 2 is 2.29 bits per heavy atom. The molecular formula is C10H9ClN2S. The van der Waals surface area contributed by atoms with Crippen LogP contribution in [0.4, 0.5) is 0 Å². The van der Waals surface area contributed by atoms with Crippen molar-refractivity contribution < 1.29 is 0 Å². The number of aryl methyl sites for hydroxylation is 1. The second kappa shape index (κ2) is 3.80. The number of pyridine rings is 1. The van der Waals surface area contributed by atoms with Crippen molar-refractivity contribution in [1.82, 2.24) is 4.98 Å². The van der Waals surface area contributed by atoms with E-state index in [9.17, 15) is 0 Å². The van der Waals surface area contributed by atoms with Gasteiger partial charge >= 0.3 is 0 Å². The first-order valence-electron chi connectivity index (χ1n) is 4.39. The fourth-order valence-electron chi connectivity index (χ4n) is 1.72. The molecule has 72 valence electrons. The molecule has 4 heteroatoms. The van der Waals surface area contributed by atoms with Crippen molar-refractivity contribution in [2.24, 2.45) is 0 Å². The molecule has 0 fully saturated rings. The lowest BCUT2D eigenvalue weighted by Gasteiger charge is -2.18. The van der Waals surface area contributed by atoms with E-state index in [1.165, 1.54) is 5.56 Å². The molecule has 1 aliphatic rings. The second-order valence-corrected chi connectivity index (χ2v) is 4.70. The topological polar surface area (TPSA) is 36.7 Å². The van der Waals surface area contributed by atoms with E-state index in [-0.39, 0.29) is 0 Å². The zero-order chi connectivity index (χ0) is 10.1. The molecule has 1 aromatic rings. The summed E-state index contributed by atoms with van der Waals surface area (Å²) < 4.78 is 0. The molecule has 0 unspecified atom stereocenters. The number of nitriles is 1. The maximum Gasteiger partial charge on any atom is 0.147 e. The van der Waals surface area contributed by atoms with E-state index in [4.69, 9.17) is 16.9 Å². The van der Waals surface area contributed by atoms with Gasteiger partial charge in [-0.05, 0) is 30.2 Å². The minimum Gasteiger partial charge on any atom is -0.240 e.